The van der Waals surface area contributed by atoms with Gasteiger partial charge in [-0.2, -0.15) is 0 Å². The molecule has 2 heteroatoms. The van der Waals surface area contributed by atoms with Crippen molar-refractivity contribution >= 4 is 5.78 Å². The summed E-state index contributed by atoms with van der Waals surface area (Å²) in [6.07, 6.45) is 7.50. The van der Waals surface area contributed by atoms with Crippen LogP contribution in [-0.2, 0) is 11.2 Å². The quantitative estimate of drug-likeness (QED) is 0.644. The molecule has 0 radical (unpaired) electrons. The van der Waals surface area contributed by atoms with Gasteiger partial charge in [-0.15, -0.1) is 0 Å². The maximum Gasteiger partial charge on any atom is 0.167 e. The number of benzene rings is 1. The maximum absolute atomic E-state index is 12.0. The maximum atomic E-state index is 12.0. The molecule has 21 heavy (non-hydrogen) atoms. The minimum Gasteiger partial charge on any atom is -0.333 e. The number of ketones is 1. The highest BCUT2D eigenvalue weighted by Crippen LogP contribution is 2.09. The first-order valence-corrected chi connectivity index (χ1v) is 7.29. The van der Waals surface area contributed by atoms with Crippen LogP contribution in [0.3, 0.4) is 0 Å². The van der Waals surface area contributed by atoms with E-state index in [1.54, 1.807) is 12.2 Å². The predicted octanol–water partition coefficient (Wildman–Crippen LogP) is 4.40. The van der Waals surface area contributed by atoms with E-state index in [4.69, 9.17) is 0 Å². The third-order valence-electron chi connectivity index (χ3n) is 2.45. The van der Waals surface area contributed by atoms with Gasteiger partial charge in [-0.25, -0.2) is 0 Å². The third-order valence-corrected chi connectivity index (χ3v) is 2.45. The van der Waals surface area contributed by atoms with E-state index in [0.29, 0.717) is 12.0 Å². The molecule has 0 bridgehead atoms. The summed E-state index contributed by atoms with van der Waals surface area (Å²) in [6, 6.07) is 8.03. The smallest absolute Gasteiger partial charge is 0.167 e. The van der Waals surface area contributed by atoms with E-state index in [9.17, 15) is 4.79 Å². The number of Topliss-reactive ketones (excluding diaryl/α,β-unsaturated/α-hetero) is 1. The highest BCUT2D eigenvalue weighted by atomic mass is 16.1. The second-order valence-electron chi connectivity index (χ2n) is 3.94. The van der Waals surface area contributed by atoms with Crippen LogP contribution in [0.15, 0.2) is 60.7 Å². The molecular weight excluding hydrogens is 258 g/mol. The van der Waals surface area contributed by atoms with Crippen LogP contribution in [-0.4, -0.2) is 12.8 Å². The zero-order valence-corrected chi connectivity index (χ0v) is 14.0. The molecule has 0 aliphatic rings. The number of carbonyl (C=O) groups excluding carboxylic acids is 1. The molecule has 1 rings (SSSR count). The molecule has 0 fully saturated rings. The van der Waals surface area contributed by atoms with Gasteiger partial charge >= 0.3 is 0 Å². The molecule has 0 saturated carbocycles. The van der Waals surface area contributed by atoms with Gasteiger partial charge in [0.15, 0.2) is 5.78 Å². The molecular formula is C19H29NO. The lowest BCUT2D eigenvalue weighted by Gasteiger charge is -2.02. The molecule has 0 saturated heterocycles. The van der Waals surface area contributed by atoms with E-state index in [0.717, 1.165) is 5.56 Å². The van der Waals surface area contributed by atoms with Crippen molar-refractivity contribution in [1.29, 1.82) is 0 Å². The zero-order chi connectivity index (χ0) is 16.7. The predicted molar refractivity (Wildman–Crippen MR) is 94.4 cm³/mol. The Labute approximate surface area is 130 Å². The molecule has 0 heterocycles. The minimum atomic E-state index is 0.117. The van der Waals surface area contributed by atoms with Crippen molar-refractivity contribution in [2.45, 2.75) is 34.1 Å². The lowest BCUT2D eigenvalue weighted by molar-refractivity contribution is -0.114. The van der Waals surface area contributed by atoms with E-state index < -0.39 is 0 Å². The highest BCUT2D eigenvalue weighted by molar-refractivity contribution is 5.99. The van der Waals surface area contributed by atoms with Crippen LogP contribution >= 0.6 is 0 Å². The fourth-order valence-electron chi connectivity index (χ4n) is 1.54. The molecule has 0 unspecified atom stereocenters. The van der Waals surface area contributed by atoms with E-state index >= 15 is 0 Å². The lowest BCUT2D eigenvalue weighted by atomic mass is 10.0. The van der Waals surface area contributed by atoms with Crippen molar-refractivity contribution in [2.24, 2.45) is 5.73 Å². The van der Waals surface area contributed by atoms with Gasteiger partial charge in [0.2, 0.25) is 0 Å². The first kappa shape index (κ1) is 21.4. The summed E-state index contributed by atoms with van der Waals surface area (Å²) in [5, 5.41) is 0. The molecule has 0 aliphatic heterocycles. The number of hydrogen-bond acceptors (Lipinski definition) is 2. The van der Waals surface area contributed by atoms with Crippen molar-refractivity contribution in [3.8, 4) is 0 Å². The lowest BCUT2D eigenvalue weighted by Crippen LogP contribution is -2.04. The molecule has 0 aromatic heterocycles. The monoisotopic (exact) mass is 287 g/mol. The van der Waals surface area contributed by atoms with Crippen LogP contribution in [0.4, 0.5) is 0 Å². The van der Waals surface area contributed by atoms with Crippen LogP contribution in [0.25, 0.3) is 0 Å². The second-order valence-corrected chi connectivity index (χ2v) is 3.94. The number of carbonyl (C=O) groups is 1. The van der Waals surface area contributed by atoms with Crippen molar-refractivity contribution in [1.82, 2.24) is 0 Å². The Balaban J connectivity index is 0. The van der Waals surface area contributed by atoms with Gasteiger partial charge in [-0.3, -0.25) is 4.79 Å². The van der Waals surface area contributed by atoms with E-state index in [1.807, 2.05) is 64.1 Å². The number of aryl methyl sites for hydroxylation is 1. The first-order valence-electron chi connectivity index (χ1n) is 7.29. The van der Waals surface area contributed by atoms with Crippen LogP contribution in [0.2, 0.25) is 0 Å². The Hall–Kier alpha value is -1.93. The summed E-state index contributed by atoms with van der Waals surface area (Å²) in [6.45, 7) is 11.6. The van der Waals surface area contributed by atoms with Gasteiger partial charge in [0.05, 0.1) is 0 Å². The van der Waals surface area contributed by atoms with Crippen molar-refractivity contribution in [3.63, 3.8) is 0 Å². The molecule has 0 amide bonds. The van der Waals surface area contributed by atoms with Gasteiger partial charge in [-0.1, -0.05) is 74.6 Å². The molecule has 1 aromatic carbocycles. The largest absolute Gasteiger partial charge is 0.333 e. The SMILES string of the molecule is C=C/C=C(\C=C/C)C(=O)Cc1ccc(C)cc1.CC.CN. The Kier molecular flexibility index (Phi) is 14.7. The van der Waals surface area contributed by atoms with Crippen molar-refractivity contribution in [2.75, 3.05) is 7.05 Å². The third kappa shape index (κ3) is 9.58. The van der Waals surface area contributed by atoms with Crippen LogP contribution in [0.1, 0.15) is 31.9 Å². The average Bonchev–Trinajstić information content (AvgIpc) is 2.53. The fraction of sp³-hybridized carbons (Fsp3) is 0.316. The second kappa shape index (κ2) is 14.5. The van der Waals surface area contributed by atoms with E-state index in [2.05, 4.69) is 12.3 Å². The first-order chi connectivity index (χ1) is 10.2. The summed E-state index contributed by atoms with van der Waals surface area (Å²) in [5.41, 5.74) is 7.44. The van der Waals surface area contributed by atoms with Crippen LogP contribution in [0.5, 0.6) is 0 Å². The zero-order valence-electron chi connectivity index (χ0n) is 14.0. The average molecular weight is 287 g/mol. The molecule has 2 nitrogen and oxygen atoms in total. The summed E-state index contributed by atoms with van der Waals surface area (Å²) in [4.78, 5) is 12.0. The normalized spacial score (nSPS) is 10.1. The summed E-state index contributed by atoms with van der Waals surface area (Å²) in [7, 11) is 1.50. The van der Waals surface area contributed by atoms with E-state index in [1.165, 1.54) is 12.6 Å². The van der Waals surface area contributed by atoms with Crippen molar-refractivity contribution < 1.29 is 4.79 Å². The standard InChI is InChI=1S/C16H18O.C2H6.CH5N/c1-4-6-15(7-5-2)16(17)12-14-10-8-13(3)9-11-14;2*1-2/h4-11H,1,12H2,2-3H3;1-2H3;2H2,1H3/b7-5-,15-6+;;. The number of rotatable bonds is 5. The molecule has 116 valence electrons. The minimum absolute atomic E-state index is 0.117. The molecule has 0 aliphatic carbocycles. The Bertz CT molecular complexity index is 453. The van der Waals surface area contributed by atoms with Crippen molar-refractivity contribution in [3.05, 3.63) is 71.8 Å². The Morgan fingerprint density at radius 1 is 1.19 bits per heavy atom. The summed E-state index contributed by atoms with van der Waals surface area (Å²) >= 11 is 0. The van der Waals surface area contributed by atoms with Gasteiger partial charge in [0.1, 0.15) is 0 Å². The summed E-state index contributed by atoms with van der Waals surface area (Å²) in [5.74, 6) is 0.117. The molecule has 0 spiro atoms. The van der Waals surface area contributed by atoms with E-state index in [-0.39, 0.29) is 5.78 Å². The summed E-state index contributed by atoms with van der Waals surface area (Å²) < 4.78 is 0. The van der Waals surface area contributed by atoms with Gasteiger partial charge in [0, 0.05) is 12.0 Å². The Morgan fingerprint density at radius 2 is 1.71 bits per heavy atom. The highest BCUT2D eigenvalue weighted by Gasteiger charge is 2.06. The van der Waals surface area contributed by atoms with Gasteiger partial charge in [-0.05, 0) is 26.5 Å². The molecule has 0 atom stereocenters. The van der Waals surface area contributed by atoms with Gasteiger partial charge < -0.3 is 5.73 Å². The van der Waals surface area contributed by atoms with Gasteiger partial charge in [0.25, 0.3) is 0 Å². The van der Waals surface area contributed by atoms with Crippen LogP contribution < -0.4 is 5.73 Å². The molecule has 2 N–H and O–H groups in total. The number of nitrogens with two attached hydrogens (primary N) is 1. The fourth-order valence-corrected chi connectivity index (χ4v) is 1.54. The molecule has 1 aromatic rings. The number of allylic oxidation sites excluding steroid dienone is 5. The Morgan fingerprint density at radius 3 is 2.14 bits per heavy atom. The number of hydrogen-bond donors (Lipinski definition) is 1. The van der Waals surface area contributed by atoms with Crippen LogP contribution in [0, 0.1) is 6.92 Å². The topological polar surface area (TPSA) is 43.1 Å².